The van der Waals surface area contributed by atoms with E-state index in [-0.39, 0.29) is 23.8 Å². The standard InChI is InChI=1S/C24H30N2O5/c1-16(2)23(27)26-19-9-7-18(8-10-19)24(28)25-14-17-6-11-21(22(13-17)29-3)31-15-20-5-4-12-30-20/h6-11,13,16,20H,4-5,12,14-15H2,1-3H3,(H,25,28)(H,26,27). The maximum atomic E-state index is 12.5. The monoisotopic (exact) mass is 426 g/mol. The molecule has 7 heteroatoms. The molecule has 7 nitrogen and oxygen atoms in total. The van der Waals surface area contributed by atoms with E-state index in [2.05, 4.69) is 10.6 Å². The van der Waals surface area contributed by atoms with E-state index in [0.29, 0.717) is 35.9 Å². The van der Waals surface area contributed by atoms with Gasteiger partial charge in [-0.05, 0) is 54.8 Å². The van der Waals surface area contributed by atoms with Crippen LogP contribution in [0.3, 0.4) is 0 Å². The summed E-state index contributed by atoms with van der Waals surface area (Å²) < 4.78 is 16.9. The van der Waals surface area contributed by atoms with E-state index in [9.17, 15) is 9.59 Å². The molecular formula is C24H30N2O5. The van der Waals surface area contributed by atoms with E-state index in [4.69, 9.17) is 14.2 Å². The minimum atomic E-state index is -0.195. The highest BCUT2D eigenvalue weighted by molar-refractivity contribution is 5.96. The van der Waals surface area contributed by atoms with Crippen LogP contribution < -0.4 is 20.1 Å². The van der Waals surface area contributed by atoms with Crippen LogP contribution in [0.4, 0.5) is 5.69 Å². The lowest BCUT2D eigenvalue weighted by molar-refractivity contribution is -0.118. The zero-order valence-electron chi connectivity index (χ0n) is 18.3. The summed E-state index contributed by atoms with van der Waals surface area (Å²) in [5, 5.41) is 5.71. The Hall–Kier alpha value is -3.06. The van der Waals surface area contributed by atoms with E-state index in [0.717, 1.165) is 25.0 Å². The fraction of sp³-hybridized carbons (Fsp3) is 0.417. The van der Waals surface area contributed by atoms with Crippen molar-refractivity contribution in [1.29, 1.82) is 0 Å². The Morgan fingerprint density at radius 3 is 2.55 bits per heavy atom. The van der Waals surface area contributed by atoms with Crippen LogP contribution in [0, 0.1) is 5.92 Å². The number of nitrogens with one attached hydrogen (secondary N) is 2. The van der Waals surface area contributed by atoms with Crippen molar-refractivity contribution in [2.45, 2.75) is 39.3 Å². The summed E-state index contributed by atoms with van der Waals surface area (Å²) in [6, 6.07) is 12.4. The van der Waals surface area contributed by atoms with Crippen LogP contribution in [0.5, 0.6) is 11.5 Å². The summed E-state index contributed by atoms with van der Waals surface area (Å²) in [5.74, 6) is 0.920. The highest BCUT2D eigenvalue weighted by Crippen LogP contribution is 2.29. The fourth-order valence-corrected chi connectivity index (χ4v) is 3.18. The molecule has 2 aromatic carbocycles. The molecule has 0 saturated carbocycles. The Labute approximate surface area is 183 Å². The molecule has 1 atom stereocenters. The number of carbonyl (C=O) groups is 2. The SMILES string of the molecule is COc1cc(CNC(=O)c2ccc(NC(=O)C(C)C)cc2)ccc1OCC1CCCO1. The summed E-state index contributed by atoms with van der Waals surface area (Å²) in [7, 11) is 1.59. The number of hydrogen-bond acceptors (Lipinski definition) is 5. The molecule has 2 N–H and O–H groups in total. The van der Waals surface area contributed by atoms with Crippen molar-refractivity contribution in [2.24, 2.45) is 5.92 Å². The summed E-state index contributed by atoms with van der Waals surface area (Å²) in [4.78, 5) is 24.2. The molecule has 0 radical (unpaired) electrons. The second kappa shape index (κ2) is 10.8. The third-order valence-electron chi connectivity index (χ3n) is 5.07. The predicted octanol–water partition coefficient (Wildman–Crippen LogP) is 3.78. The molecule has 1 aliphatic rings. The van der Waals surface area contributed by atoms with E-state index < -0.39 is 0 Å². The molecule has 2 aromatic rings. The Bertz CT molecular complexity index is 889. The van der Waals surface area contributed by atoms with Crippen LogP contribution in [0.1, 0.15) is 42.6 Å². The minimum absolute atomic E-state index is 0.0608. The summed E-state index contributed by atoms with van der Waals surface area (Å²) >= 11 is 0. The first-order valence-corrected chi connectivity index (χ1v) is 10.6. The molecule has 0 spiro atoms. The number of methoxy groups -OCH3 is 1. The molecule has 0 aliphatic carbocycles. The molecule has 2 amide bonds. The predicted molar refractivity (Wildman–Crippen MR) is 119 cm³/mol. The third-order valence-corrected chi connectivity index (χ3v) is 5.07. The van der Waals surface area contributed by atoms with Crippen LogP contribution in [0.25, 0.3) is 0 Å². The van der Waals surface area contributed by atoms with Gasteiger partial charge in [0, 0.05) is 30.3 Å². The summed E-state index contributed by atoms with van der Waals surface area (Å²) in [6.07, 6.45) is 2.21. The number of amides is 2. The maximum Gasteiger partial charge on any atom is 0.251 e. The van der Waals surface area contributed by atoms with Gasteiger partial charge in [-0.3, -0.25) is 9.59 Å². The van der Waals surface area contributed by atoms with Crippen LogP contribution in [0.2, 0.25) is 0 Å². The zero-order chi connectivity index (χ0) is 22.2. The lowest BCUT2D eigenvalue weighted by Gasteiger charge is -2.15. The number of rotatable bonds is 9. The first-order valence-electron chi connectivity index (χ1n) is 10.6. The lowest BCUT2D eigenvalue weighted by Crippen LogP contribution is -2.23. The van der Waals surface area contributed by atoms with Crippen molar-refractivity contribution in [1.82, 2.24) is 5.32 Å². The Morgan fingerprint density at radius 1 is 1.13 bits per heavy atom. The van der Waals surface area contributed by atoms with Gasteiger partial charge in [-0.1, -0.05) is 19.9 Å². The topological polar surface area (TPSA) is 85.9 Å². The molecule has 3 rings (SSSR count). The van der Waals surface area contributed by atoms with Gasteiger partial charge in [0.05, 0.1) is 13.2 Å². The van der Waals surface area contributed by atoms with Crippen LogP contribution in [0.15, 0.2) is 42.5 Å². The molecule has 31 heavy (non-hydrogen) atoms. The summed E-state index contributed by atoms with van der Waals surface area (Å²) in [5.41, 5.74) is 2.08. The molecule has 0 bridgehead atoms. The lowest BCUT2D eigenvalue weighted by atomic mass is 10.1. The molecule has 1 fully saturated rings. The third kappa shape index (κ3) is 6.46. The smallest absolute Gasteiger partial charge is 0.251 e. The molecular weight excluding hydrogens is 396 g/mol. The number of hydrogen-bond donors (Lipinski definition) is 2. The first kappa shape index (κ1) is 22.6. The van der Waals surface area contributed by atoms with E-state index in [1.165, 1.54) is 0 Å². The molecule has 0 aromatic heterocycles. The Balaban J connectivity index is 1.53. The Kier molecular flexibility index (Phi) is 7.89. The van der Waals surface area contributed by atoms with Crippen molar-refractivity contribution in [2.75, 3.05) is 25.6 Å². The summed E-state index contributed by atoms with van der Waals surface area (Å²) in [6.45, 7) is 5.30. The highest BCUT2D eigenvalue weighted by Gasteiger charge is 2.17. The second-order valence-electron chi connectivity index (χ2n) is 7.84. The van der Waals surface area contributed by atoms with Gasteiger partial charge < -0.3 is 24.8 Å². The average Bonchev–Trinajstić information content (AvgIpc) is 3.30. The van der Waals surface area contributed by atoms with Crippen LogP contribution in [-0.4, -0.2) is 38.2 Å². The number of ether oxygens (including phenoxy) is 3. The average molecular weight is 427 g/mol. The molecule has 1 saturated heterocycles. The second-order valence-corrected chi connectivity index (χ2v) is 7.84. The maximum absolute atomic E-state index is 12.5. The van der Waals surface area contributed by atoms with Gasteiger partial charge in [0.1, 0.15) is 6.61 Å². The van der Waals surface area contributed by atoms with E-state index in [1.54, 1.807) is 31.4 Å². The molecule has 1 heterocycles. The fourth-order valence-electron chi connectivity index (χ4n) is 3.18. The normalized spacial score (nSPS) is 15.5. The quantitative estimate of drug-likeness (QED) is 0.637. The van der Waals surface area contributed by atoms with Gasteiger partial charge in [-0.15, -0.1) is 0 Å². The highest BCUT2D eigenvalue weighted by atomic mass is 16.5. The van der Waals surface area contributed by atoms with E-state index >= 15 is 0 Å². The Morgan fingerprint density at radius 2 is 1.90 bits per heavy atom. The largest absolute Gasteiger partial charge is 0.493 e. The number of carbonyl (C=O) groups excluding carboxylic acids is 2. The molecule has 1 aliphatic heterocycles. The van der Waals surface area contributed by atoms with Gasteiger partial charge in [0.15, 0.2) is 11.5 Å². The number of benzene rings is 2. The first-order chi connectivity index (χ1) is 15.0. The van der Waals surface area contributed by atoms with Gasteiger partial charge in [0.25, 0.3) is 5.91 Å². The van der Waals surface area contributed by atoms with Gasteiger partial charge in [-0.25, -0.2) is 0 Å². The van der Waals surface area contributed by atoms with Crippen LogP contribution >= 0.6 is 0 Å². The van der Waals surface area contributed by atoms with Gasteiger partial charge in [-0.2, -0.15) is 0 Å². The van der Waals surface area contributed by atoms with Crippen molar-refractivity contribution in [3.8, 4) is 11.5 Å². The van der Waals surface area contributed by atoms with Crippen LogP contribution in [-0.2, 0) is 16.1 Å². The zero-order valence-corrected chi connectivity index (χ0v) is 18.3. The van der Waals surface area contributed by atoms with Crippen molar-refractivity contribution >= 4 is 17.5 Å². The number of anilines is 1. The van der Waals surface area contributed by atoms with Gasteiger partial charge in [0.2, 0.25) is 5.91 Å². The van der Waals surface area contributed by atoms with Crippen molar-refractivity contribution in [3.63, 3.8) is 0 Å². The minimum Gasteiger partial charge on any atom is -0.493 e. The molecule has 1 unspecified atom stereocenters. The van der Waals surface area contributed by atoms with Gasteiger partial charge >= 0.3 is 0 Å². The molecule has 166 valence electrons. The van der Waals surface area contributed by atoms with E-state index in [1.807, 2.05) is 32.0 Å². The van der Waals surface area contributed by atoms with Crippen molar-refractivity contribution < 1.29 is 23.8 Å². The van der Waals surface area contributed by atoms with Crippen molar-refractivity contribution in [3.05, 3.63) is 53.6 Å².